The molecule has 0 aromatic carbocycles. The number of likely N-dealkylation sites (N-methyl/N-ethyl adjacent to an activating group) is 1. The SMILES string of the molecule is CN1C2CCC1CN(C(=O)C1COCCN1)CC2. The van der Waals surface area contributed by atoms with E-state index in [1.54, 1.807) is 0 Å². The predicted molar refractivity (Wildman–Crippen MR) is 68.4 cm³/mol. The predicted octanol–water partition coefficient (Wildman–Crippen LogP) is -0.330. The van der Waals surface area contributed by atoms with Gasteiger partial charge in [0.15, 0.2) is 0 Å². The van der Waals surface area contributed by atoms with Crippen LogP contribution in [-0.2, 0) is 9.53 Å². The number of nitrogens with zero attached hydrogens (tertiary/aromatic N) is 2. The molecule has 5 nitrogen and oxygen atoms in total. The van der Waals surface area contributed by atoms with Gasteiger partial charge < -0.3 is 15.0 Å². The van der Waals surface area contributed by atoms with E-state index in [2.05, 4.69) is 17.3 Å². The molecule has 2 bridgehead atoms. The Balaban J connectivity index is 1.63. The van der Waals surface area contributed by atoms with Crippen molar-refractivity contribution in [2.24, 2.45) is 0 Å². The summed E-state index contributed by atoms with van der Waals surface area (Å²) >= 11 is 0. The standard InChI is InChI=1S/C13H23N3O2/c1-15-10-2-3-11(15)8-16(6-4-10)13(17)12-9-18-7-5-14-12/h10-12,14H,2-9H2,1H3. The van der Waals surface area contributed by atoms with Crippen LogP contribution in [0.1, 0.15) is 19.3 Å². The number of nitrogens with one attached hydrogen (secondary N) is 1. The summed E-state index contributed by atoms with van der Waals surface area (Å²) in [5.41, 5.74) is 0. The van der Waals surface area contributed by atoms with E-state index in [9.17, 15) is 4.79 Å². The highest BCUT2D eigenvalue weighted by Gasteiger charge is 2.37. The molecule has 3 heterocycles. The summed E-state index contributed by atoms with van der Waals surface area (Å²) in [5.74, 6) is 0.232. The van der Waals surface area contributed by atoms with Gasteiger partial charge in [-0.1, -0.05) is 0 Å². The summed E-state index contributed by atoms with van der Waals surface area (Å²) in [4.78, 5) is 17.0. The first kappa shape index (κ1) is 12.4. The maximum absolute atomic E-state index is 12.5. The third-order valence-electron chi connectivity index (χ3n) is 4.68. The highest BCUT2D eigenvalue weighted by atomic mass is 16.5. The highest BCUT2D eigenvalue weighted by Crippen LogP contribution is 2.28. The smallest absolute Gasteiger partial charge is 0.242 e. The maximum Gasteiger partial charge on any atom is 0.242 e. The molecule has 0 spiro atoms. The minimum atomic E-state index is -0.124. The summed E-state index contributed by atoms with van der Waals surface area (Å²) in [6, 6.07) is 1.12. The number of amides is 1. The van der Waals surface area contributed by atoms with Gasteiger partial charge in [-0.15, -0.1) is 0 Å². The van der Waals surface area contributed by atoms with Crippen LogP contribution in [0.5, 0.6) is 0 Å². The Labute approximate surface area is 108 Å². The first-order valence-electron chi connectivity index (χ1n) is 7.07. The lowest BCUT2D eigenvalue weighted by atomic mass is 10.1. The number of carbonyl (C=O) groups excluding carboxylic acids is 1. The zero-order valence-corrected chi connectivity index (χ0v) is 11.1. The molecule has 0 saturated carbocycles. The second-order valence-corrected chi connectivity index (χ2v) is 5.71. The van der Waals surface area contributed by atoms with Gasteiger partial charge in [0.25, 0.3) is 0 Å². The number of hydrogen-bond acceptors (Lipinski definition) is 4. The second kappa shape index (κ2) is 5.15. The van der Waals surface area contributed by atoms with Crippen molar-refractivity contribution in [3.8, 4) is 0 Å². The molecule has 1 amide bonds. The van der Waals surface area contributed by atoms with Gasteiger partial charge in [0.1, 0.15) is 6.04 Å². The van der Waals surface area contributed by atoms with Gasteiger partial charge in [0.2, 0.25) is 5.91 Å². The van der Waals surface area contributed by atoms with Gasteiger partial charge in [0.05, 0.1) is 13.2 Å². The Hall–Kier alpha value is -0.650. The molecule has 0 aromatic heterocycles. The van der Waals surface area contributed by atoms with Crippen molar-refractivity contribution in [3.63, 3.8) is 0 Å². The van der Waals surface area contributed by atoms with E-state index in [4.69, 9.17) is 4.74 Å². The van der Waals surface area contributed by atoms with Crippen molar-refractivity contribution in [1.82, 2.24) is 15.1 Å². The number of carbonyl (C=O) groups is 1. The molecular weight excluding hydrogens is 230 g/mol. The van der Waals surface area contributed by atoms with Crippen molar-refractivity contribution in [1.29, 1.82) is 0 Å². The first-order chi connectivity index (χ1) is 8.75. The molecule has 1 N–H and O–H groups in total. The molecule has 18 heavy (non-hydrogen) atoms. The van der Waals surface area contributed by atoms with Gasteiger partial charge in [-0.25, -0.2) is 0 Å². The van der Waals surface area contributed by atoms with Crippen LogP contribution in [0.3, 0.4) is 0 Å². The number of likely N-dealkylation sites (tertiary alicyclic amines) is 1. The van der Waals surface area contributed by atoms with Gasteiger partial charge in [-0.05, 0) is 26.3 Å². The van der Waals surface area contributed by atoms with Gasteiger partial charge in [-0.2, -0.15) is 0 Å². The zero-order valence-electron chi connectivity index (χ0n) is 11.1. The maximum atomic E-state index is 12.5. The largest absolute Gasteiger partial charge is 0.378 e. The lowest BCUT2D eigenvalue weighted by molar-refractivity contribution is -0.136. The Morgan fingerprint density at radius 1 is 1.28 bits per heavy atom. The molecule has 3 fully saturated rings. The quantitative estimate of drug-likeness (QED) is 0.695. The van der Waals surface area contributed by atoms with Crippen molar-refractivity contribution in [2.75, 3.05) is 39.9 Å². The fourth-order valence-corrected chi connectivity index (χ4v) is 3.45. The summed E-state index contributed by atoms with van der Waals surface area (Å²) in [6.07, 6.45) is 3.65. The number of rotatable bonds is 1. The molecule has 3 aliphatic rings. The third kappa shape index (κ3) is 2.27. The van der Waals surface area contributed by atoms with Crippen LogP contribution >= 0.6 is 0 Å². The van der Waals surface area contributed by atoms with Crippen molar-refractivity contribution in [2.45, 2.75) is 37.4 Å². The van der Waals surface area contributed by atoms with E-state index in [0.717, 1.165) is 32.7 Å². The van der Waals surface area contributed by atoms with Crippen LogP contribution in [0.25, 0.3) is 0 Å². The summed E-state index contributed by atoms with van der Waals surface area (Å²) in [6.45, 7) is 3.83. The Morgan fingerprint density at radius 3 is 2.89 bits per heavy atom. The van der Waals surface area contributed by atoms with Crippen LogP contribution < -0.4 is 5.32 Å². The van der Waals surface area contributed by atoms with Crippen LogP contribution in [-0.4, -0.2) is 73.7 Å². The topological polar surface area (TPSA) is 44.8 Å². The molecule has 3 aliphatic heterocycles. The van der Waals surface area contributed by atoms with E-state index in [1.807, 2.05) is 4.90 Å². The molecule has 0 aromatic rings. The summed E-state index contributed by atoms with van der Waals surface area (Å²) < 4.78 is 5.39. The monoisotopic (exact) mass is 253 g/mol. The average Bonchev–Trinajstić information content (AvgIpc) is 2.64. The van der Waals surface area contributed by atoms with Crippen molar-refractivity contribution in [3.05, 3.63) is 0 Å². The van der Waals surface area contributed by atoms with E-state index >= 15 is 0 Å². The number of hydrogen-bond donors (Lipinski definition) is 1. The number of fused-ring (bicyclic) bond motifs is 2. The van der Waals surface area contributed by atoms with Crippen LogP contribution in [0, 0.1) is 0 Å². The molecule has 3 atom stereocenters. The van der Waals surface area contributed by atoms with Crippen LogP contribution in [0.15, 0.2) is 0 Å². The van der Waals surface area contributed by atoms with E-state index in [-0.39, 0.29) is 11.9 Å². The first-order valence-corrected chi connectivity index (χ1v) is 7.07. The van der Waals surface area contributed by atoms with E-state index in [0.29, 0.717) is 18.7 Å². The fraction of sp³-hybridized carbons (Fsp3) is 0.923. The normalized spacial score (nSPS) is 37.6. The van der Waals surface area contributed by atoms with Gasteiger partial charge in [-0.3, -0.25) is 9.69 Å². The molecule has 3 saturated heterocycles. The second-order valence-electron chi connectivity index (χ2n) is 5.71. The van der Waals surface area contributed by atoms with Gasteiger partial charge >= 0.3 is 0 Å². The summed E-state index contributed by atoms with van der Waals surface area (Å²) in [5, 5.41) is 3.26. The minimum Gasteiger partial charge on any atom is -0.378 e. The highest BCUT2D eigenvalue weighted by molar-refractivity contribution is 5.82. The fourth-order valence-electron chi connectivity index (χ4n) is 3.45. The molecule has 0 aliphatic carbocycles. The van der Waals surface area contributed by atoms with Crippen molar-refractivity contribution < 1.29 is 9.53 Å². The average molecular weight is 253 g/mol. The minimum absolute atomic E-state index is 0.124. The Kier molecular flexibility index (Phi) is 3.54. The van der Waals surface area contributed by atoms with Gasteiger partial charge in [0, 0.05) is 31.7 Å². The molecular formula is C13H23N3O2. The number of morpholine rings is 1. The Bertz CT molecular complexity index is 317. The van der Waals surface area contributed by atoms with Crippen molar-refractivity contribution >= 4 is 5.91 Å². The van der Waals surface area contributed by atoms with E-state index < -0.39 is 0 Å². The lowest BCUT2D eigenvalue weighted by Gasteiger charge is -2.31. The lowest BCUT2D eigenvalue weighted by Crippen LogP contribution is -2.54. The molecule has 3 unspecified atom stereocenters. The van der Waals surface area contributed by atoms with Crippen LogP contribution in [0.4, 0.5) is 0 Å². The third-order valence-corrected chi connectivity index (χ3v) is 4.68. The molecule has 0 radical (unpaired) electrons. The molecule has 5 heteroatoms. The van der Waals surface area contributed by atoms with Crippen LogP contribution in [0.2, 0.25) is 0 Å². The Morgan fingerprint density at radius 2 is 2.11 bits per heavy atom. The van der Waals surface area contributed by atoms with E-state index in [1.165, 1.54) is 12.8 Å². The summed E-state index contributed by atoms with van der Waals surface area (Å²) in [7, 11) is 2.21. The molecule has 102 valence electrons. The number of ether oxygens (including phenoxy) is 1. The molecule has 3 rings (SSSR count). The zero-order chi connectivity index (χ0) is 12.5.